The number of fused-ring (bicyclic) bond motifs is 1. The lowest BCUT2D eigenvalue weighted by atomic mass is 10.1. The topological polar surface area (TPSA) is 61.9 Å². The number of imidazole rings is 1. The summed E-state index contributed by atoms with van der Waals surface area (Å²) in [5, 5.41) is 0. The zero-order chi connectivity index (χ0) is 18.3. The smallest absolute Gasteiger partial charge is 0.274 e. The molecule has 1 aliphatic heterocycles. The summed E-state index contributed by atoms with van der Waals surface area (Å²) in [6, 6.07) is 7.91. The standard InChI is InChI=1S/C19H21ClN4OS/c1-11(2)10-15-16(23-19(20)26-15)18(25)24-9-5-8-14(24)17-21-12-6-3-4-7-13(12)22-17/h3-4,6-7,11,14H,5,8-10H2,1-2H3,(H,21,22)/t14-/m1/s1. The van der Waals surface area contributed by atoms with E-state index < -0.39 is 0 Å². The highest BCUT2D eigenvalue weighted by Gasteiger charge is 2.35. The lowest BCUT2D eigenvalue weighted by molar-refractivity contribution is 0.0724. The molecular formula is C19H21ClN4OS. The number of thiazole rings is 1. The molecule has 1 amide bonds. The van der Waals surface area contributed by atoms with Gasteiger partial charge in [-0.25, -0.2) is 9.97 Å². The third kappa shape index (κ3) is 3.23. The quantitative estimate of drug-likeness (QED) is 0.694. The number of hydrogen-bond acceptors (Lipinski definition) is 4. The molecule has 7 heteroatoms. The minimum atomic E-state index is -0.0396. The minimum Gasteiger partial charge on any atom is -0.340 e. The Kier molecular flexibility index (Phi) is 4.71. The Morgan fingerprint density at radius 2 is 2.19 bits per heavy atom. The van der Waals surface area contributed by atoms with Gasteiger partial charge in [-0.15, -0.1) is 11.3 Å². The molecule has 0 bridgehead atoms. The molecule has 0 aliphatic carbocycles. The van der Waals surface area contributed by atoms with E-state index in [4.69, 9.17) is 16.6 Å². The van der Waals surface area contributed by atoms with Crippen LogP contribution in [0.3, 0.4) is 0 Å². The molecule has 0 saturated carbocycles. The first-order valence-corrected chi connectivity index (χ1v) is 10.1. The van der Waals surface area contributed by atoms with E-state index in [0.717, 1.165) is 47.5 Å². The molecule has 3 aromatic rings. The van der Waals surface area contributed by atoms with E-state index in [1.807, 2.05) is 29.2 Å². The van der Waals surface area contributed by atoms with Crippen LogP contribution in [0.4, 0.5) is 0 Å². The molecule has 4 rings (SSSR count). The van der Waals surface area contributed by atoms with Gasteiger partial charge in [0.2, 0.25) is 0 Å². The second-order valence-electron chi connectivity index (χ2n) is 7.13. The number of H-pyrrole nitrogens is 1. The number of para-hydroxylation sites is 2. The number of hydrogen-bond donors (Lipinski definition) is 1. The third-order valence-electron chi connectivity index (χ3n) is 4.70. The van der Waals surface area contributed by atoms with E-state index in [1.165, 1.54) is 11.3 Å². The summed E-state index contributed by atoms with van der Waals surface area (Å²) in [4.78, 5) is 28.5. The van der Waals surface area contributed by atoms with E-state index in [0.29, 0.717) is 16.1 Å². The zero-order valence-electron chi connectivity index (χ0n) is 14.8. The zero-order valence-corrected chi connectivity index (χ0v) is 16.4. The predicted molar refractivity (Wildman–Crippen MR) is 105 cm³/mol. The first-order chi connectivity index (χ1) is 12.5. The highest BCUT2D eigenvalue weighted by molar-refractivity contribution is 7.16. The Hall–Kier alpha value is -1.92. The molecule has 0 spiro atoms. The molecule has 3 heterocycles. The first kappa shape index (κ1) is 17.5. The monoisotopic (exact) mass is 388 g/mol. The van der Waals surface area contributed by atoms with Gasteiger partial charge in [0.25, 0.3) is 5.91 Å². The van der Waals surface area contributed by atoms with Crippen LogP contribution in [0.15, 0.2) is 24.3 Å². The molecule has 136 valence electrons. The van der Waals surface area contributed by atoms with Crippen molar-refractivity contribution in [3.8, 4) is 0 Å². The van der Waals surface area contributed by atoms with Crippen molar-refractivity contribution < 1.29 is 4.79 Å². The van der Waals surface area contributed by atoms with Crippen LogP contribution < -0.4 is 0 Å². The predicted octanol–water partition coefficient (Wildman–Crippen LogP) is 4.85. The van der Waals surface area contributed by atoms with Gasteiger partial charge in [-0.3, -0.25) is 4.79 Å². The van der Waals surface area contributed by atoms with Crippen molar-refractivity contribution >= 4 is 39.9 Å². The maximum absolute atomic E-state index is 13.2. The summed E-state index contributed by atoms with van der Waals surface area (Å²) < 4.78 is 0.434. The van der Waals surface area contributed by atoms with Gasteiger partial charge < -0.3 is 9.88 Å². The van der Waals surface area contributed by atoms with Gasteiger partial charge in [-0.2, -0.15) is 0 Å². The number of carbonyl (C=O) groups is 1. The van der Waals surface area contributed by atoms with E-state index in [-0.39, 0.29) is 11.9 Å². The molecule has 0 unspecified atom stereocenters. The summed E-state index contributed by atoms with van der Waals surface area (Å²) in [6.45, 7) is 4.99. The summed E-state index contributed by atoms with van der Waals surface area (Å²) in [6.07, 6.45) is 2.68. The summed E-state index contributed by atoms with van der Waals surface area (Å²) in [5.41, 5.74) is 2.44. The Balaban J connectivity index is 1.65. The van der Waals surface area contributed by atoms with Gasteiger partial charge in [-0.05, 0) is 37.3 Å². The number of benzene rings is 1. The second kappa shape index (κ2) is 7.00. The molecular weight excluding hydrogens is 368 g/mol. The van der Waals surface area contributed by atoms with Crippen molar-refractivity contribution in [1.29, 1.82) is 0 Å². The van der Waals surface area contributed by atoms with Crippen molar-refractivity contribution in [3.63, 3.8) is 0 Å². The van der Waals surface area contributed by atoms with Crippen molar-refractivity contribution in [3.05, 3.63) is 45.1 Å². The number of likely N-dealkylation sites (tertiary alicyclic amines) is 1. The van der Waals surface area contributed by atoms with E-state index in [2.05, 4.69) is 23.8 Å². The molecule has 1 N–H and O–H groups in total. The minimum absolute atomic E-state index is 0.0354. The largest absolute Gasteiger partial charge is 0.340 e. The lowest BCUT2D eigenvalue weighted by Crippen LogP contribution is -2.32. The fourth-order valence-corrected chi connectivity index (χ4v) is 4.91. The summed E-state index contributed by atoms with van der Waals surface area (Å²) >= 11 is 7.54. The van der Waals surface area contributed by atoms with E-state index in [1.54, 1.807) is 0 Å². The highest BCUT2D eigenvalue weighted by atomic mass is 35.5. The summed E-state index contributed by atoms with van der Waals surface area (Å²) in [5.74, 6) is 1.26. The fraction of sp³-hybridized carbons (Fsp3) is 0.421. The number of aromatic nitrogens is 3. The van der Waals surface area contributed by atoms with Gasteiger partial charge >= 0.3 is 0 Å². The maximum Gasteiger partial charge on any atom is 0.274 e. The van der Waals surface area contributed by atoms with E-state index in [9.17, 15) is 4.79 Å². The van der Waals surface area contributed by atoms with Crippen molar-refractivity contribution in [2.24, 2.45) is 5.92 Å². The van der Waals surface area contributed by atoms with Crippen LogP contribution in [-0.4, -0.2) is 32.3 Å². The van der Waals surface area contributed by atoms with Gasteiger partial charge in [0, 0.05) is 11.4 Å². The Labute approximate surface area is 161 Å². The number of halogens is 1. The molecule has 2 aromatic heterocycles. The normalized spacial score (nSPS) is 17.5. The van der Waals surface area contributed by atoms with Gasteiger partial charge in [0.1, 0.15) is 11.5 Å². The molecule has 1 atom stereocenters. The Bertz CT molecular complexity index is 915. The van der Waals surface area contributed by atoms with Crippen LogP contribution in [0.1, 0.15) is 53.9 Å². The number of aromatic amines is 1. The SMILES string of the molecule is CC(C)Cc1sc(Cl)nc1C(=O)N1CCC[C@@H]1c1nc2ccccc2[nH]1. The summed E-state index contributed by atoms with van der Waals surface area (Å²) in [7, 11) is 0. The Morgan fingerprint density at radius 3 is 2.96 bits per heavy atom. The van der Waals surface area contributed by atoms with Crippen LogP contribution in [0.25, 0.3) is 11.0 Å². The number of nitrogens with zero attached hydrogens (tertiary/aromatic N) is 3. The van der Waals surface area contributed by atoms with Gasteiger partial charge in [-0.1, -0.05) is 37.6 Å². The number of nitrogens with one attached hydrogen (secondary N) is 1. The molecule has 1 aromatic carbocycles. The van der Waals surface area contributed by atoms with E-state index >= 15 is 0 Å². The lowest BCUT2D eigenvalue weighted by Gasteiger charge is -2.23. The van der Waals surface area contributed by atoms with Crippen LogP contribution >= 0.6 is 22.9 Å². The van der Waals surface area contributed by atoms with Crippen LogP contribution in [-0.2, 0) is 6.42 Å². The van der Waals surface area contributed by atoms with Crippen LogP contribution in [0.5, 0.6) is 0 Å². The molecule has 1 aliphatic rings. The molecule has 0 radical (unpaired) electrons. The number of rotatable bonds is 4. The number of carbonyl (C=O) groups excluding carboxylic acids is 1. The van der Waals surface area contributed by atoms with Gasteiger partial charge in [0.05, 0.1) is 17.1 Å². The number of amides is 1. The molecule has 1 saturated heterocycles. The van der Waals surface area contributed by atoms with Crippen LogP contribution in [0, 0.1) is 5.92 Å². The highest BCUT2D eigenvalue weighted by Crippen LogP contribution is 2.34. The fourth-order valence-electron chi connectivity index (χ4n) is 3.56. The van der Waals surface area contributed by atoms with Crippen molar-refractivity contribution in [2.45, 2.75) is 39.2 Å². The maximum atomic E-state index is 13.2. The van der Waals surface area contributed by atoms with Gasteiger partial charge in [0.15, 0.2) is 4.47 Å². The molecule has 1 fully saturated rings. The molecule has 26 heavy (non-hydrogen) atoms. The second-order valence-corrected chi connectivity index (χ2v) is 8.80. The average molecular weight is 389 g/mol. The molecule has 5 nitrogen and oxygen atoms in total. The third-order valence-corrected chi connectivity index (χ3v) is 5.89. The Morgan fingerprint density at radius 1 is 1.38 bits per heavy atom. The van der Waals surface area contributed by atoms with Crippen molar-refractivity contribution in [2.75, 3.05) is 6.54 Å². The average Bonchev–Trinajstić information content (AvgIpc) is 3.30. The first-order valence-electron chi connectivity index (χ1n) is 8.93. The van der Waals surface area contributed by atoms with Crippen molar-refractivity contribution in [1.82, 2.24) is 19.9 Å². The van der Waals surface area contributed by atoms with Crippen LogP contribution in [0.2, 0.25) is 4.47 Å².